The van der Waals surface area contributed by atoms with Crippen molar-refractivity contribution >= 4 is 5.69 Å². The summed E-state index contributed by atoms with van der Waals surface area (Å²) < 4.78 is 13.2. The Morgan fingerprint density at radius 2 is 2.07 bits per heavy atom. The van der Waals surface area contributed by atoms with E-state index >= 15 is 0 Å². The Kier molecular flexibility index (Phi) is 3.93. The molecule has 0 fully saturated rings. The number of nitrogens with one attached hydrogen (secondary N) is 1. The molecule has 0 unspecified atom stereocenters. The van der Waals surface area contributed by atoms with Gasteiger partial charge >= 0.3 is 0 Å². The molecule has 2 heteroatoms. The molecule has 0 atom stereocenters. The zero-order valence-corrected chi connectivity index (χ0v) is 9.10. The van der Waals surface area contributed by atoms with Crippen molar-refractivity contribution < 1.29 is 4.39 Å². The van der Waals surface area contributed by atoms with E-state index < -0.39 is 0 Å². The van der Waals surface area contributed by atoms with Crippen molar-refractivity contribution in [2.24, 2.45) is 5.92 Å². The number of halogens is 1. The summed E-state index contributed by atoms with van der Waals surface area (Å²) in [6.07, 6.45) is 0.999. The van der Waals surface area contributed by atoms with E-state index in [1.165, 1.54) is 11.6 Å². The molecule has 78 valence electrons. The van der Waals surface area contributed by atoms with Crippen LogP contribution < -0.4 is 5.32 Å². The summed E-state index contributed by atoms with van der Waals surface area (Å²) in [5, 5.41) is 3.01. The highest BCUT2D eigenvalue weighted by atomic mass is 19.1. The first-order valence-corrected chi connectivity index (χ1v) is 5.15. The zero-order valence-electron chi connectivity index (χ0n) is 9.10. The van der Waals surface area contributed by atoms with E-state index in [1.54, 1.807) is 0 Å². The van der Waals surface area contributed by atoms with Gasteiger partial charge in [0.25, 0.3) is 0 Å². The maximum Gasteiger partial charge on any atom is 0.146 e. The molecular weight excluding hydrogens is 177 g/mol. The summed E-state index contributed by atoms with van der Waals surface area (Å²) in [6.45, 7) is 7.04. The minimum absolute atomic E-state index is 0.167. The standard InChI is InChI=1S/C12H18FN/c1-4-14-12-8-10(7-9(2)3)5-6-11(12)13/h5-6,8-9,14H,4,7H2,1-3H3. The summed E-state index contributed by atoms with van der Waals surface area (Å²) in [7, 11) is 0. The molecule has 1 aromatic rings. The van der Waals surface area contributed by atoms with Crippen LogP contribution in [0.5, 0.6) is 0 Å². The van der Waals surface area contributed by atoms with Crippen LogP contribution >= 0.6 is 0 Å². The number of hydrogen-bond donors (Lipinski definition) is 1. The van der Waals surface area contributed by atoms with Crippen LogP contribution in [0.2, 0.25) is 0 Å². The molecule has 0 aliphatic heterocycles. The van der Waals surface area contributed by atoms with Crippen LogP contribution in [0.15, 0.2) is 18.2 Å². The molecule has 0 bridgehead atoms. The van der Waals surface area contributed by atoms with Gasteiger partial charge in [-0.15, -0.1) is 0 Å². The molecule has 0 radical (unpaired) electrons. The van der Waals surface area contributed by atoms with Crippen molar-refractivity contribution in [1.29, 1.82) is 0 Å². The van der Waals surface area contributed by atoms with Gasteiger partial charge in [-0.2, -0.15) is 0 Å². The van der Waals surface area contributed by atoms with E-state index in [4.69, 9.17) is 0 Å². The molecule has 0 amide bonds. The Morgan fingerprint density at radius 3 is 2.64 bits per heavy atom. The summed E-state index contributed by atoms with van der Waals surface area (Å²) in [5.74, 6) is 0.439. The van der Waals surface area contributed by atoms with Gasteiger partial charge in [-0.3, -0.25) is 0 Å². The summed E-state index contributed by atoms with van der Waals surface area (Å²) in [5.41, 5.74) is 1.81. The highest BCUT2D eigenvalue weighted by Crippen LogP contribution is 2.18. The lowest BCUT2D eigenvalue weighted by Gasteiger charge is -2.09. The summed E-state index contributed by atoms with van der Waals surface area (Å²) in [4.78, 5) is 0. The normalized spacial score (nSPS) is 10.6. The van der Waals surface area contributed by atoms with Gasteiger partial charge in [0.05, 0.1) is 5.69 Å². The fourth-order valence-corrected chi connectivity index (χ4v) is 1.50. The van der Waals surface area contributed by atoms with Crippen LogP contribution in [0.1, 0.15) is 26.3 Å². The largest absolute Gasteiger partial charge is 0.383 e. The quantitative estimate of drug-likeness (QED) is 0.775. The van der Waals surface area contributed by atoms with Crippen molar-refractivity contribution in [2.75, 3.05) is 11.9 Å². The molecule has 1 nitrogen and oxygen atoms in total. The minimum atomic E-state index is -0.167. The van der Waals surface area contributed by atoms with E-state index in [9.17, 15) is 4.39 Å². The van der Waals surface area contributed by atoms with E-state index in [0.717, 1.165) is 13.0 Å². The van der Waals surface area contributed by atoms with Crippen molar-refractivity contribution in [3.05, 3.63) is 29.6 Å². The van der Waals surface area contributed by atoms with Crippen LogP contribution in [0.4, 0.5) is 10.1 Å². The van der Waals surface area contributed by atoms with Gasteiger partial charge in [-0.1, -0.05) is 19.9 Å². The number of rotatable bonds is 4. The highest BCUT2D eigenvalue weighted by molar-refractivity contribution is 5.47. The third-order valence-corrected chi connectivity index (χ3v) is 2.04. The molecular formula is C12H18FN. The first kappa shape index (κ1) is 11.0. The van der Waals surface area contributed by atoms with E-state index in [2.05, 4.69) is 19.2 Å². The maximum absolute atomic E-state index is 13.2. The Balaban J connectivity index is 2.83. The average Bonchev–Trinajstić information content (AvgIpc) is 2.10. The second-order valence-corrected chi connectivity index (χ2v) is 3.94. The number of hydrogen-bond acceptors (Lipinski definition) is 1. The maximum atomic E-state index is 13.2. The topological polar surface area (TPSA) is 12.0 Å². The Morgan fingerprint density at radius 1 is 1.36 bits per heavy atom. The second-order valence-electron chi connectivity index (χ2n) is 3.94. The molecule has 0 heterocycles. The smallest absolute Gasteiger partial charge is 0.146 e. The van der Waals surface area contributed by atoms with Crippen molar-refractivity contribution in [3.8, 4) is 0 Å². The minimum Gasteiger partial charge on any atom is -0.383 e. The lowest BCUT2D eigenvalue weighted by atomic mass is 10.0. The lowest BCUT2D eigenvalue weighted by Crippen LogP contribution is -2.01. The van der Waals surface area contributed by atoms with Gasteiger partial charge in [-0.05, 0) is 37.0 Å². The molecule has 0 saturated carbocycles. The van der Waals surface area contributed by atoms with Crippen LogP contribution in [0, 0.1) is 11.7 Å². The van der Waals surface area contributed by atoms with Gasteiger partial charge in [0.2, 0.25) is 0 Å². The first-order chi connectivity index (χ1) is 6.63. The van der Waals surface area contributed by atoms with Gasteiger partial charge in [0, 0.05) is 6.54 Å². The van der Waals surface area contributed by atoms with Gasteiger partial charge in [0.1, 0.15) is 5.82 Å². The molecule has 1 rings (SSSR count). The lowest BCUT2D eigenvalue weighted by molar-refractivity contribution is 0.623. The van der Waals surface area contributed by atoms with Crippen molar-refractivity contribution in [3.63, 3.8) is 0 Å². The summed E-state index contributed by atoms with van der Waals surface area (Å²) >= 11 is 0. The summed E-state index contributed by atoms with van der Waals surface area (Å²) in [6, 6.07) is 5.30. The Labute approximate surface area is 85.3 Å². The molecule has 1 N–H and O–H groups in total. The molecule has 0 spiro atoms. The van der Waals surface area contributed by atoms with Crippen LogP contribution in [-0.2, 0) is 6.42 Å². The van der Waals surface area contributed by atoms with E-state index in [1.807, 2.05) is 19.1 Å². The second kappa shape index (κ2) is 4.99. The van der Waals surface area contributed by atoms with Crippen molar-refractivity contribution in [2.45, 2.75) is 27.2 Å². The fraction of sp³-hybridized carbons (Fsp3) is 0.500. The average molecular weight is 195 g/mol. The van der Waals surface area contributed by atoms with E-state index in [-0.39, 0.29) is 5.82 Å². The van der Waals surface area contributed by atoms with Crippen LogP contribution in [-0.4, -0.2) is 6.54 Å². The number of anilines is 1. The predicted octanol–water partition coefficient (Wildman–Crippen LogP) is 3.46. The molecule has 0 aliphatic carbocycles. The van der Waals surface area contributed by atoms with Gasteiger partial charge in [0.15, 0.2) is 0 Å². The molecule has 1 aromatic carbocycles. The van der Waals surface area contributed by atoms with Crippen LogP contribution in [0.25, 0.3) is 0 Å². The van der Waals surface area contributed by atoms with Gasteiger partial charge < -0.3 is 5.32 Å². The monoisotopic (exact) mass is 195 g/mol. The third-order valence-electron chi connectivity index (χ3n) is 2.04. The zero-order chi connectivity index (χ0) is 10.6. The molecule has 0 saturated heterocycles. The Bertz CT molecular complexity index is 294. The number of benzene rings is 1. The van der Waals surface area contributed by atoms with Crippen molar-refractivity contribution in [1.82, 2.24) is 0 Å². The highest BCUT2D eigenvalue weighted by Gasteiger charge is 2.03. The fourth-order valence-electron chi connectivity index (χ4n) is 1.50. The SMILES string of the molecule is CCNc1cc(CC(C)C)ccc1F. The molecule has 0 aromatic heterocycles. The van der Waals surface area contributed by atoms with Gasteiger partial charge in [-0.25, -0.2) is 4.39 Å². The molecule has 0 aliphatic rings. The molecule has 14 heavy (non-hydrogen) atoms. The third kappa shape index (κ3) is 3.02. The van der Waals surface area contributed by atoms with E-state index in [0.29, 0.717) is 11.6 Å². The predicted molar refractivity (Wildman–Crippen MR) is 59.1 cm³/mol. The Hall–Kier alpha value is -1.05. The first-order valence-electron chi connectivity index (χ1n) is 5.15. The van der Waals surface area contributed by atoms with Crippen LogP contribution in [0.3, 0.4) is 0 Å².